The number of nitro benzene ring substituents is 1. The first-order chi connectivity index (χ1) is 11.3. The number of carbonyl (C=O) groups is 2. The summed E-state index contributed by atoms with van der Waals surface area (Å²) >= 11 is 17.4. The van der Waals surface area contributed by atoms with Gasteiger partial charge in [0.05, 0.1) is 25.6 Å². The molecule has 0 atom stereocenters. The van der Waals surface area contributed by atoms with Crippen LogP contribution in [0.15, 0.2) is 36.4 Å². The minimum atomic E-state index is -0.872. The summed E-state index contributed by atoms with van der Waals surface area (Å²) in [7, 11) is 0. The molecule has 0 N–H and O–H groups in total. The molecule has 2 aromatic carbocycles. The molecule has 0 heterocycles. The molecule has 2 aromatic rings. The van der Waals surface area contributed by atoms with E-state index in [-0.39, 0.29) is 26.9 Å². The standard InChI is InChI=1S/C15H8Cl3NO5/c16-11-4-1-8(5-13(11)18)14(20)7-24-15(21)10-3-2-9(19(22)23)6-12(10)17/h1-6H,7H2. The van der Waals surface area contributed by atoms with Crippen LogP contribution in [0.5, 0.6) is 0 Å². The molecule has 6 nitrogen and oxygen atoms in total. The van der Waals surface area contributed by atoms with Gasteiger partial charge in [0.1, 0.15) is 0 Å². The number of ether oxygens (including phenoxy) is 1. The number of hydrogen-bond acceptors (Lipinski definition) is 5. The van der Waals surface area contributed by atoms with Gasteiger partial charge in [0, 0.05) is 17.7 Å². The number of hydrogen-bond donors (Lipinski definition) is 0. The van der Waals surface area contributed by atoms with E-state index in [1.54, 1.807) is 0 Å². The van der Waals surface area contributed by atoms with Crippen molar-refractivity contribution in [2.24, 2.45) is 0 Å². The molecule has 0 aliphatic heterocycles. The van der Waals surface area contributed by atoms with Gasteiger partial charge in [0.25, 0.3) is 5.69 Å². The zero-order valence-electron chi connectivity index (χ0n) is 11.8. The third kappa shape index (κ3) is 4.23. The summed E-state index contributed by atoms with van der Waals surface area (Å²) in [4.78, 5) is 33.9. The second-order valence-electron chi connectivity index (χ2n) is 4.55. The van der Waals surface area contributed by atoms with Crippen LogP contribution in [-0.2, 0) is 4.74 Å². The Labute approximate surface area is 151 Å². The van der Waals surface area contributed by atoms with Crippen LogP contribution < -0.4 is 0 Å². The maximum absolute atomic E-state index is 12.0. The van der Waals surface area contributed by atoms with Crippen LogP contribution in [0.3, 0.4) is 0 Å². The Hall–Kier alpha value is -2.15. The number of nitrogens with zero attached hydrogens (tertiary/aromatic N) is 1. The molecule has 0 amide bonds. The van der Waals surface area contributed by atoms with E-state index < -0.39 is 23.3 Å². The largest absolute Gasteiger partial charge is 0.454 e. The Bertz CT molecular complexity index is 838. The quantitative estimate of drug-likeness (QED) is 0.323. The average molecular weight is 389 g/mol. The molecule has 0 bridgehead atoms. The van der Waals surface area contributed by atoms with Crippen LogP contribution in [0.25, 0.3) is 0 Å². The molecule has 24 heavy (non-hydrogen) atoms. The normalized spacial score (nSPS) is 10.3. The number of nitro groups is 1. The first kappa shape index (κ1) is 18.2. The van der Waals surface area contributed by atoms with Crippen LogP contribution in [0.2, 0.25) is 15.1 Å². The molecule has 0 radical (unpaired) electrons. The van der Waals surface area contributed by atoms with Crippen LogP contribution in [-0.4, -0.2) is 23.3 Å². The van der Waals surface area contributed by atoms with E-state index >= 15 is 0 Å². The van der Waals surface area contributed by atoms with Gasteiger partial charge in [-0.2, -0.15) is 0 Å². The summed E-state index contributed by atoms with van der Waals surface area (Å²) in [6, 6.07) is 7.56. The third-order valence-electron chi connectivity index (χ3n) is 2.96. The van der Waals surface area contributed by atoms with Crippen molar-refractivity contribution >= 4 is 52.2 Å². The average Bonchev–Trinajstić information content (AvgIpc) is 2.54. The molecule has 2 rings (SSSR count). The van der Waals surface area contributed by atoms with Gasteiger partial charge in [-0.1, -0.05) is 34.8 Å². The van der Waals surface area contributed by atoms with Gasteiger partial charge in [-0.05, 0) is 24.3 Å². The fourth-order valence-corrected chi connectivity index (χ4v) is 2.29. The van der Waals surface area contributed by atoms with Crippen LogP contribution in [0, 0.1) is 10.1 Å². The van der Waals surface area contributed by atoms with Crippen molar-refractivity contribution in [1.82, 2.24) is 0 Å². The Morgan fingerprint density at radius 2 is 1.71 bits per heavy atom. The van der Waals surface area contributed by atoms with E-state index in [9.17, 15) is 19.7 Å². The number of halogens is 3. The maximum atomic E-state index is 12.0. The van der Waals surface area contributed by atoms with Gasteiger partial charge in [0.15, 0.2) is 12.4 Å². The van der Waals surface area contributed by atoms with Gasteiger partial charge in [-0.15, -0.1) is 0 Å². The third-order valence-corrected chi connectivity index (χ3v) is 4.01. The maximum Gasteiger partial charge on any atom is 0.340 e. The predicted octanol–water partition coefficient (Wildman–Crippen LogP) is 4.59. The fourth-order valence-electron chi connectivity index (χ4n) is 1.74. The number of non-ortho nitro benzene ring substituents is 1. The number of carbonyl (C=O) groups excluding carboxylic acids is 2. The van der Waals surface area contributed by atoms with Crippen molar-refractivity contribution in [2.75, 3.05) is 6.61 Å². The van der Waals surface area contributed by atoms with E-state index in [4.69, 9.17) is 39.5 Å². The summed E-state index contributed by atoms with van der Waals surface area (Å²) in [5.41, 5.74) is -0.111. The summed E-state index contributed by atoms with van der Waals surface area (Å²) in [5, 5.41) is 11.0. The van der Waals surface area contributed by atoms with E-state index in [1.807, 2.05) is 0 Å². The molecular formula is C15H8Cl3NO5. The number of esters is 1. The highest BCUT2D eigenvalue weighted by Gasteiger charge is 2.18. The second-order valence-corrected chi connectivity index (χ2v) is 5.77. The van der Waals surface area contributed by atoms with Crippen LogP contribution >= 0.6 is 34.8 Å². The number of rotatable bonds is 5. The van der Waals surface area contributed by atoms with E-state index in [1.165, 1.54) is 18.2 Å². The highest BCUT2D eigenvalue weighted by molar-refractivity contribution is 6.42. The topological polar surface area (TPSA) is 86.5 Å². The first-order valence-electron chi connectivity index (χ1n) is 6.39. The second kappa shape index (κ2) is 7.61. The zero-order chi connectivity index (χ0) is 17.9. The lowest BCUT2D eigenvalue weighted by molar-refractivity contribution is -0.384. The summed E-state index contributed by atoms with van der Waals surface area (Å²) in [6.07, 6.45) is 0. The zero-order valence-corrected chi connectivity index (χ0v) is 14.1. The number of Topliss-reactive ketones (excluding diaryl/α,β-unsaturated/α-hetero) is 1. The fraction of sp³-hybridized carbons (Fsp3) is 0.0667. The van der Waals surface area contributed by atoms with Gasteiger partial charge in [-0.3, -0.25) is 14.9 Å². The Morgan fingerprint density at radius 3 is 2.29 bits per heavy atom. The smallest absolute Gasteiger partial charge is 0.340 e. The molecule has 0 unspecified atom stereocenters. The van der Waals surface area contributed by atoms with Crippen molar-refractivity contribution in [3.63, 3.8) is 0 Å². The molecule has 0 fully saturated rings. The highest BCUT2D eigenvalue weighted by atomic mass is 35.5. The molecular weight excluding hydrogens is 381 g/mol. The number of benzene rings is 2. The van der Waals surface area contributed by atoms with Crippen molar-refractivity contribution in [1.29, 1.82) is 0 Å². The Kier molecular flexibility index (Phi) is 5.77. The molecule has 0 spiro atoms. The Balaban J connectivity index is 2.06. The number of ketones is 1. The lowest BCUT2D eigenvalue weighted by Crippen LogP contribution is -2.14. The molecule has 124 valence electrons. The minimum Gasteiger partial charge on any atom is -0.454 e. The lowest BCUT2D eigenvalue weighted by Gasteiger charge is -2.06. The monoisotopic (exact) mass is 387 g/mol. The van der Waals surface area contributed by atoms with E-state index in [2.05, 4.69) is 0 Å². The molecule has 0 aliphatic rings. The van der Waals surface area contributed by atoms with Gasteiger partial charge < -0.3 is 4.74 Å². The molecule has 0 aliphatic carbocycles. The SMILES string of the molecule is O=C(COC(=O)c1ccc([N+](=O)[O-])cc1Cl)c1ccc(Cl)c(Cl)c1. The van der Waals surface area contributed by atoms with Crippen molar-refractivity contribution in [3.05, 3.63) is 72.7 Å². The van der Waals surface area contributed by atoms with Gasteiger partial charge in [0.2, 0.25) is 0 Å². The van der Waals surface area contributed by atoms with Gasteiger partial charge >= 0.3 is 5.97 Å². The first-order valence-corrected chi connectivity index (χ1v) is 7.52. The molecule has 0 aromatic heterocycles. The predicted molar refractivity (Wildman–Crippen MR) is 89.2 cm³/mol. The van der Waals surface area contributed by atoms with Crippen LogP contribution in [0.1, 0.15) is 20.7 Å². The minimum absolute atomic E-state index is 0.0794. The van der Waals surface area contributed by atoms with E-state index in [0.717, 1.165) is 18.2 Å². The molecule has 9 heteroatoms. The molecule has 0 saturated carbocycles. The summed E-state index contributed by atoms with van der Waals surface area (Å²) in [6.45, 7) is -0.538. The van der Waals surface area contributed by atoms with Crippen molar-refractivity contribution < 1.29 is 19.2 Å². The van der Waals surface area contributed by atoms with Gasteiger partial charge in [-0.25, -0.2) is 4.79 Å². The molecule has 0 saturated heterocycles. The highest BCUT2D eigenvalue weighted by Crippen LogP contribution is 2.24. The van der Waals surface area contributed by atoms with Crippen molar-refractivity contribution in [3.8, 4) is 0 Å². The lowest BCUT2D eigenvalue weighted by atomic mass is 10.1. The van der Waals surface area contributed by atoms with Crippen molar-refractivity contribution in [2.45, 2.75) is 0 Å². The summed E-state index contributed by atoms with van der Waals surface area (Å²) < 4.78 is 4.88. The van der Waals surface area contributed by atoms with Crippen LogP contribution in [0.4, 0.5) is 5.69 Å². The van der Waals surface area contributed by atoms with E-state index in [0.29, 0.717) is 5.02 Å². The summed E-state index contributed by atoms with van der Waals surface area (Å²) in [5.74, 6) is -1.36. The Morgan fingerprint density at radius 1 is 1.00 bits per heavy atom.